The Morgan fingerprint density at radius 2 is 2.05 bits per heavy atom. The molecule has 4 nitrogen and oxygen atoms in total. The van der Waals surface area contributed by atoms with Gasteiger partial charge in [-0.2, -0.15) is 5.10 Å². The van der Waals surface area contributed by atoms with Crippen LogP contribution >= 0.6 is 12.4 Å². The van der Waals surface area contributed by atoms with Crippen molar-refractivity contribution in [1.82, 2.24) is 20.5 Å². The van der Waals surface area contributed by atoms with E-state index in [0.717, 1.165) is 30.0 Å². The van der Waals surface area contributed by atoms with Crippen molar-refractivity contribution in [3.8, 4) is 11.4 Å². The molecule has 110 valence electrons. The fourth-order valence-corrected chi connectivity index (χ4v) is 3.01. The third kappa shape index (κ3) is 2.69. The number of nitrogens with one attached hydrogen (secondary N) is 3. The highest BCUT2D eigenvalue weighted by molar-refractivity contribution is 5.85. The molecular weight excluding hydrogens is 284 g/mol. The number of piperidine rings is 1. The van der Waals surface area contributed by atoms with Crippen LogP contribution in [0.25, 0.3) is 22.3 Å². The van der Waals surface area contributed by atoms with Gasteiger partial charge in [0.1, 0.15) is 5.69 Å². The van der Waals surface area contributed by atoms with Crippen LogP contribution in [0, 0.1) is 0 Å². The van der Waals surface area contributed by atoms with Crippen molar-refractivity contribution in [3.05, 3.63) is 42.1 Å². The summed E-state index contributed by atoms with van der Waals surface area (Å²) < 4.78 is 0. The number of para-hydroxylation sites is 1. The van der Waals surface area contributed by atoms with Gasteiger partial charge < -0.3 is 10.3 Å². The fourth-order valence-electron chi connectivity index (χ4n) is 3.01. The van der Waals surface area contributed by atoms with Crippen LogP contribution in [0.2, 0.25) is 0 Å². The van der Waals surface area contributed by atoms with E-state index < -0.39 is 0 Å². The van der Waals surface area contributed by atoms with Crippen LogP contribution < -0.4 is 5.32 Å². The van der Waals surface area contributed by atoms with E-state index in [1.54, 1.807) is 0 Å². The molecule has 2 aromatic heterocycles. The maximum atomic E-state index is 4.47. The lowest BCUT2D eigenvalue weighted by Gasteiger charge is -2.21. The summed E-state index contributed by atoms with van der Waals surface area (Å²) in [6.07, 6.45) is 2.48. The van der Waals surface area contributed by atoms with Gasteiger partial charge in [0, 0.05) is 29.1 Å². The topological polar surface area (TPSA) is 56.5 Å². The molecule has 0 bridgehead atoms. The van der Waals surface area contributed by atoms with Gasteiger partial charge in [-0.25, -0.2) is 0 Å². The SMILES string of the molecule is Cl.c1ccc2[nH]c(-c3cc(C4CCCNC4)[nH]n3)cc2c1. The number of aromatic amines is 2. The van der Waals surface area contributed by atoms with E-state index in [2.05, 4.69) is 50.8 Å². The summed E-state index contributed by atoms with van der Waals surface area (Å²) >= 11 is 0. The number of halogens is 1. The summed E-state index contributed by atoms with van der Waals surface area (Å²) in [5.74, 6) is 0.564. The summed E-state index contributed by atoms with van der Waals surface area (Å²) in [6, 6.07) is 12.7. The molecule has 0 radical (unpaired) electrons. The number of hydrogen-bond donors (Lipinski definition) is 3. The van der Waals surface area contributed by atoms with Gasteiger partial charge in [0.05, 0.1) is 5.69 Å². The second kappa shape index (κ2) is 5.92. The lowest BCUT2D eigenvalue weighted by Crippen LogP contribution is -2.28. The van der Waals surface area contributed by atoms with E-state index >= 15 is 0 Å². The van der Waals surface area contributed by atoms with Gasteiger partial charge in [0.2, 0.25) is 0 Å². The highest BCUT2D eigenvalue weighted by Crippen LogP contribution is 2.27. The molecule has 0 saturated carbocycles. The predicted molar refractivity (Wildman–Crippen MR) is 88.0 cm³/mol. The molecule has 1 saturated heterocycles. The first kappa shape index (κ1) is 14.2. The Morgan fingerprint density at radius 1 is 1.14 bits per heavy atom. The molecule has 0 amide bonds. The van der Waals surface area contributed by atoms with Crippen molar-refractivity contribution in [3.63, 3.8) is 0 Å². The van der Waals surface area contributed by atoms with E-state index in [-0.39, 0.29) is 12.4 Å². The van der Waals surface area contributed by atoms with Crippen LogP contribution in [0.4, 0.5) is 0 Å². The number of hydrogen-bond acceptors (Lipinski definition) is 2. The predicted octanol–water partition coefficient (Wildman–Crippen LogP) is 3.45. The van der Waals surface area contributed by atoms with Crippen molar-refractivity contribution >= 4 is 23.3 Å². The fraction of sp³-hybridized carbons (Fsp3) is 0.312. The number of aromatic nitrogens is 3. The second-order valence-corrected chi connectivity index (χ2v) is 5.52. The first-order valence-electron chi connectivity index (χ1n) is 7.24. The molecule has 1 atom stereocenters. The average molecular weight is 303 g/mol. The Balaban J connectivity index is 0.00000132. The van der Waals surface area contributed by atoms with Crippen molar-refractivity contribution in [2.75, 3.05) is 13.1 Å². The molecule has 1 unspecified atom stereocenters. The van der Waals surface area contributed by atoms with E-state index in [0.29, 0.717) is 5.92 Å². The van der Waals surface area contributed by atoms with Crippen molar-refractivity contribution in [2.24, 2.45) is 0 Å². The Hall–Kier alpha value is -1.78. The van der Waals surface area contributed by atoms with Crippen LogP contribution in [-0.4, -0.2) is 28.3 Å². The normalized spacial score (nSPS) is 18.6. The summed E-state index contributed by atoms with van der Waals surface area (Å²) in [5.41, 5.74) is 4.48. The van der Waals surface area contributed by atoms with Crippen LogP contribution in [-0.2, 0) is 0 Å². The molecule has 5 heteroatoms. The Kier molecular flexibility index (Phi) is 3.99. The summed E-state index contributed by atoms with van der Waals surface area (Å²) in [4.78, 5) is 3.43. The third-order valence-corrected chi connectivity index (χ3v) is 4.14. The highest BCUT2D eigenvalue weighted by atomic mass is 35.5. The monoisotopic (exact) mass is 302 g/mol. The Morgan fingerprint density at radius 3 is 2.86 bits per heavy atom. The van der Waals surface area contributed by atoms with Gasteiger partial charge in [-0.1, -0.05) is 18.2 Å². The number of rotatable bonds is 2. The molecule has 0 aliphatic carbocycles. The zero-order chi connectivity index (χ0) is 13.4. The maximum Gasteiger partial charge on any atom is 0.109 e. The van der Waals surface area contributed by atoms with E-state index in [1.807, 2.05) is 6.07 Å². The van der Waals surface area contributed by atoms with E-state index in [1.165, 1.54) is 23.9 Å². The van der Waals surface area contributed by atoms with Gasteiger partial charge >= 0.3 is 0 Å². The van der Waals surface area contributed by atoms with Crippen molar-refractivity contribution < 1.29 is 0 Å². The summed E-state index contributed by atoms with van der Waals surface area (Å²) in [6.45, 7) is 2.19. The smallest absolute Gasteiger partial charge is 0.109 e. The molecule has 3 aromatic rings. The molecule has 1 aromatic carbocycles. The Labute approximate surface area is 129 Å². The standard InChI is InChI=1S/C16H18N4.ClH/c1-2-6-13-11(4-1)8-15(18-13)16-9-14(19-20-16)12-5-3-7-17-10-12;/h1-2,4,6,8-9,12,17-18H,3,5,7,10H2,(H,19,20);1H. The average Bonchev–Trinajstić information content (AvgIpc) is 3.14. The third-order valence-electron chi connectivity index (χ3n) is 4.14. The minimum absolute atomic E-state index is 0. The second-order valence-electron chi connectivity index (χ2n) is 5.52. The van der Waals surface area contributed by atoms with E-state index in [9.17, 15) is 0 Å². The summed E-state index contributed by atoms with van der Waals surface area (Å²) in [5, 5.41) is 12.4. The quantitative estimate of drug-likeness (QED) is 0.679. The first-order valence-corrected chi connectivity index (χ1v) is 7.24. The lowest BCUT2D eigenvalue weighted by molar-refractivity contribution is 0.454. The molecule has 0 spiro atoms. The molecular formula is C16H19ClN4. The minimum atomic E-state index is 0. The number of fused-ring (bicyclic) bond motifs is 1. The molecule has 4 rings (SSSR count). The zero-order valence-corrected chi connectivity index (χ0v) is 12.5. The van der Waals surface area contributed by atoms with Gasteiger partial charge in [0.15, 0.2) is 0 Å². The van der Waals surface area contributed by atoms with Gasteiger partial charge in [0.25, 0.3) is 0 Å². The molecule has 3 N–H and O–H groups in total. The number of nitrogens with zero attached hydrogens (tertiary/aromatic N) is 1. The van der Waals surface area contributed by atoms with Crippen molar-refractivity contribution in [1.29, 1.82) is 0 Å². The van der Waals surface area contributed by atoms with Gasteiger partial charge in [-0.15, -0.1) is 12.4 Å². The largest absolute Gasteiger partial charge is 0.353 e. The molecule has 1 fully saturated rings. The number of benzene rings is 1. The summed E-state index contributed by atoms with van der Waals surface area (Å²) in [7, 11) is 0. The van der Waals surface area contributed by atoms with Gasteiger partial charge in [-0.05, 0) is 37.6 Å². The molecule has 21 heavy (non-hydrogen) atoms. The zero-order valence-electron chi connectivity index (χ0n) is 11.7. The van der Waals surface area contributed by atoms with Crippen molar-refractivity contribution in [2.45, 2.75) is 18.8 Å². The van der Waals surface area contributed by atoms with E-state index in [4.69, 9.17) is 0 Å². The maximum absolute atomic E-state index is 4.47. The van der Waals surface area contributed by atoms with Crippen LogP contribution in [0.3, 0.4) is 0 Å². The van der Waals surface area contributed by atoms with Crippen LogP contribution in [0.5, 0.6) is 0 Å². The molecule has 3 heterocycles. The Bertz CT molecular complexity index is 692. The lowest BCUT2D eigenvalue weighted by atomic mass is 9.96. The van der Waals surface area contributed by atoms with Gasteiger partial charge in [-0.3, -0.25) is 5.10 Å². The molecule has 1 aliphatic heterocycles. The minimum Gasteiger partial charge on any atom is -0.353 e. The van der Waals surface area contributed by atoms with Crippen LogP contribution in [0.1, 0.15) is 24.5 Å². The van der Waals surface area contributed by atoms with Crippen LogP contribution in [0.15, 0.2) is 36.4 Å². The first-order chi connectivity index (χ1) is 9.90. The molecule has 1 aliphatic rings. The highest BCUT2D eigenvalue weighted by Gasteiger charge is 2.18. The number of H-pyrrole nitrogens is 2.